The molecule has 0 saturated carbocycles. The molecule has 0 aliphatic heterocycles. The highest BCUT2D eigenvalue weighted by Gasteiger charge is 2.00. The van der Waals surface area contributed by atoms with Gasteiger partial charge >= 0.3 is 0 Å². The highest BCUT2D eigenvalue weighted by Crippen LogP contribution is 2.22. The van der Waals surface area contributed by atoms with E-state index in [1.54, 1.807) is 17.8 Å². The predicted octanol–water partition coefficient (Wildman–Crippen LogP) is 3.74. The third kappa shape index (κ3) is 3.49. The van der Waals surface area contributed by atoms with Crippen LogP contribution in [0.3, 0.4) is 0 Å². The van der Waals surface area contributed by atoms with E-state index in [-0.39, 0.29) is 11.5 Å². The second-order valence-electron chi connectivity index (χ2n) is 3.77. The summed E-state index contributed by atoms with van der Waals surface area (Å²) in [5, 5.41) is 0. The number of aryl methyl sites for hydroxylation is 1. The summed E-state index contributed by atoms with van der Waals surface area (Å²) in [6, 6.07) is 15.2. The van der Waals surface area contributed by atoms with Crippen molar-refractivity contribution in [2.75, 3.05) is 11.5 Å². The zero-order valence-electron chi connectivity index (χ0n) is 9.40. The van der Waals surface area contributed by atoms with Gasteiger partial charge in [-0.3, -0.25) is 0 Å². The molecule has 0 unspecified atom stereocenters. The smallest absolute Gasteiger partial charge is 0.147 e. The number of benzene rings is 2. The van der Waals surface area contributed by atoms with Crippen LogP contribution in [0.1, 0.15) is 5.56 Å². The van der Waals surface area contributed by atoms with Crippen LogP contribution in [-0.4, -0.2) is 5.75 Å². The van der Waals surface area contributed by atoms with E-state index in [2.05, 4.69) is 12.1 Å². The lowest BCUT2D eigenvalue weighted by Crippen LogP contribution is -1.91. The largest absolute Gasteiger partial charge is 0.396 e. The molecule has 17 heavy (non-hydrogen) atoms. The van der Waals surface area contributed by atoms with Gasteiger partial charge in [0.2, 0.25) is 0 Å². The quantitative estimate of drug-likeness (QED) is 0.658. The highest BCUT2D eigenvalue weighted by molar-refractivity contribution is 7.99. The summed E-state index contributed by atoms with van der Waals surface area (Å²) in [7, 11) is 0. The normalized spacial score (nSPS) is 10.4. The van der Waals surface area contributed by atoms with Crippen molar-refractivity contribution in [1.82, 2.24) is 0 Å². The van der Waals surface area contributed by atoms with Gasteiger partial charge in [0.05, 0.1) is 5.69 Å². The molecule has 2 rings (SSSR count). The summed E-state index contributed by atoms with van der Waals surface area (Å²) < 4.78 is 13.2. The van der Waals surface area contributed by atoms with Crippen molar-refractivity contribution < 1.29 is 4.39 Å². The third-order valence-corrected chi connectivity index (χ3v) is 3.47. The first kappa shape index (κ1) is 12.0. The molecule has 2 aromatic carbocycles. The fraction of sp³-hybridized carbons (Fsp3) is 0.143. The Morgan fingerprint density at radius 3 is 2.53 bits per heavy atom. The Morgan fingerprint density at radius 2 is 1.82 bits per heavy atom. The number of hydrogen-bond acceptors (Lipinski definition) is 2. The molecule has 0 amide bonds. The fourth-order valence-electron chi connectivity index (χ4n) is 1.53. The van der Waals surface area contributed by atoms with Crippen LogP contribution >= 0.6 is 11.8 Å². The Labute approximate surface area is 105 Å². The molecule has 2 aromatic rings. The molecule has 0 bridgehead atoms. The molecular formula is C14H14FNS. The summed E-state index contributed by atoms with van der Waals surface area (Å²) in [4.78, 5) is 0.924. The molecular weight excluding hydrogens is 233 g/mol. The average Bonchev–Trinajstić information content (AvgIpc) is 2.35. The lowest BCUT2D eigenvalue weighted by Gasteiger charge is -2.03. The van der Waals surface area contributed by atoms with Gasteiger partial charge in [0.25, 0.3) is 0 Å². The van der Waals surface area contributed by atoms with Crippen molar-refractivity contribution in [1.29, 1.82) is 0 Å². The maximum atomic E-state index is 13.2. The Morgan fingerprint density at radius 1 is 1.06 bits per heavy atom. The second-order valence-corrected chi connectivity index (χ2v) is 4.94. The average molecular weight is 247 g/mol. The maximum absolute atomic E-state index is 13.2. The number of anilines is 1. The van der Waals surface area contributed by atoms with Crippen LogP contribution in [0.25, 0.3) is 0 Å². The van der Waals surface area contributed by atoms with Gasteiger partial charge in [-0.05, 0) is 30.2 Å². The number of hydrogen-bond donors (Lipinski definition) is 1. The van der Waals surface area contributed by atoms with Crippen LogP contribution in [-0.2, 0) is 6.42 Å². The summed E-state index contributed by atoms with van der Waals surface area (Å²) >= 11 is 1.64. The van der Waals surface area contributed by atoms with Crippen molar-refractivity contribution in [3.8, 4) is 0 Å². The Balaban J connectivity index is 1.88. The van der Waals surface area contributed by atoms with Gasteiger partial charge < -0.3 is 5.73 Å². The molecule has 0 aliphatic rings. The number of nitrogen functional groups attached to an aromatic ring is 1. The molecule has 1 nitrogen and oxygen atoms in total. The SMILES string of the molecule is Nc1ccc(SCCc2ccccc2)cc1F. The van der Waals surface area contributed by atoms with Crippen LogP contribution in [0.5, 0.6) is 0 Å². The lowest BCUT2D eigenvalue weighted by molar-refractivity contribution is 0.629. The number of rotatable bonds is 4. The van der Waals surface area contributed by atoms with E-state index in [0.29, 0.717) is 0 Å². The molecule has 0 heterocycles. The second kappa shape index (κ2) is 5.73. The molecule has 88 valence electrons. The van der Waals surface area contributed by atoms with Gasteiger partial charge in [-0.1, -0.05) is 30.3 Å². The Hall–Kier alpha value is -1.48. The molecule has 0 aliphatic carbocycles. The van der Waals surface area contributed by atoms with Gasteiger partial charge in [0.1, 0.15) is 5.82 Å². The van der Waals surface area contributed by atoms with Crippen molar-refractivity contribution >= 4 is 17.4 Å². The minimum Gasteiger partial charge on any atom is -0.396 e. The van der Waals surface area contributed by atoms with Crippen molar-refractivity contribution in [2.24, 2.45) is 0 Å². The lowest BCUT2D eigenvalue weighted by atomic mass is 10.2. The van der Waals surface area contributed by atoms with Gasteiger partial charge in [-0.25, -0.2) is 4.39 Å². The van der Waals surface area contributed by atoms with E-state index < -0.39 is 0 Å². The molecule has 2 N–H and O–H groups in total. The van der Waals surface area contributed by atoms with E-state index in [1.165, 1.54) is 11.6 Å². The van der Waals surface area contributed by atoms with Crippen molar-refractivity contribution in [3.63, 3.8) is 0 Å². The molecule has 0 atom stereocenters. The summed E-state index contributed by atoms with van der Waals surface area (Å²) in [5.41, 5.74) is 6.93. The maximum Gasteiger partial charge on any atom is 0.147 e. The molecule has 0 spiro atoms. The first-order valence-electron chi connectivity index (χ1n) is 5.47. The Kier molecular flexibility index (Phi) is 4.04. The monoisotopic (exact) mass is 247 g/mol. The van der Waals surface area contributed by atoms with Crippen molar-refractivity contribution in [2.45, 2.75) is 11.3 Å². The standard InChI is InChI=1S/C14H14FNS/c15-13-10-12(6-7-14(13)16)17-9-8-11-4-2-1-3-5-11/h1-7,10H,8-9,16H2. The number of thioether (sulfide) groups is 1. The number of halogens is 1. The first-order valence-corrected chi connectivity index (χ1v) is 6.46. The summed E-state index contributed by atoms with van der Waals surface area (Å²) in [6.45, 7) is 0. The molecule has 0 fully saturated rings. The van der Waals surface area contributed by atoms with Crippen LogP contribution in [0.15, 0.2) is 53.4 Å². The van der Waals surface area contributed by atoms with E-state index in [1.807, 2.05) is 24.3 Å². The van der Waals surface area contributed by atoms with Crippen LogP contribution in [0, 0.1) is 5.82 Å². The summed E-state index contributed by atoms with van der Waals surface area (Å²) in [6.07, 6.45) is 0.984. The van der Waals surface area contributed by atoms with Crippen LogP contribution < -0.4 is 5.73 Å². The number of nitrogens with two attached hydrogens (primary N) is 1. The predicted molar refractivity (Wildman–Crippen MR) is 71.7 cm³/mol. The van der Waals surface area contributed by atoms with E-state index >= 15 is 0 Å². The molecule has 3 heteroatoms. The van der Waals surface area contributed by atoms with E-state index in [0.717, 1.165) is 17.1 Å². The third-order valence-electron chi connectivity index (χ3n) is 2.47. The zero-order valence-corrected chi connectivity index (χ0v) is 10.2. The van der Waals surface area contributed by atoms with Crippen LogP contribution in [0.4, 0.5) is 10.1 Å². The molecule has 0 radical (unpaired) electrons. The van der Waals surface area contributed by atoms with Gasteiger partial charge in [-0.2, -0.15) is 0 Å². The fourth-order valence-corrected chi connectivity index (χ4v) is 2.45. The topological polar surface area (TPSA) is 26.0 Å². The van der Waals surface area contributed by atoms with Gasteiger partial charge in [0.15, 0.2) is 0 Å². The van der Waals surface area contributed by atoms with Gasteiger partial charge in [0, 0.05) is 10.6 Å². The first-order chi connectivity index (χ1) is 8.25. The minimum atomic E-state index is -0.338. The highest BCUT2D eigenvalue weighted by atomic mass is 32.2. The van der Waals surface area contributed by atoms with E-state index in [4.69, 9.17) is 5.73 Å². The zero-order chi connectivity index (χ0) is 12.1. The Bertz CT molecular complexity index is 485. The summed E-state index contributed by atoms with van der Waals surface area (Å²) in [5.74, 6) is 0.600. The van der Waals surface area contributed by atoms with Crippen LogP contribution in [0.2, 0.25) is 0 Å². The van der Waals surface area contributed by atoms with E-state index in [9.17, 15) is 4.39 Å². The molecule has 0 aromatic heterocycles. The van der Waals surface area contributed by atoms with Gasteiger partial charge in [-0.15, -0.1) is 11.8 Å². The molecule has 0 saturated heterocycles. The van der Waals surface area contributed by atoms with Crippen molar-refractivity contribution in [3.05, 3.63) is 59.9 Å². The minimum absolute atomic E-state index is 0.206.